The van der Waals surface area contributed by atoms with Gasteiger partial charge in [0.15, 0.2) is 0 Å². The molecule has 1 fully saturated rings. The van der Waals surface area contributed by atoms with Gasteiger partial charge < -0.3 is 15.1 Å². The van der Waals surface area contributed by atoms with Gasteiger partial charge in [-0.2, -0.15) is 0 Å². The van der Waals surface area contributed by atoms with Crippen molar-refractivity contribution >= 4 is 12.0 Å². The smallest absolute Gasteiger partial charge is 0.246 e. The van der Waals surface area contributed by atoms with Gasteiger partial charge in [0.1, 0.15) is 5.76 Å². The number of nitrogens with two attached hydrogens (primary N) is 1. The number of piperidine rings is 1. The summed E-state index contributed by atoms with van der Waals surface area (Å²) in [5.74, 6) is 0.696. The Balaban J connectivity index is 1.92. The second-order valence-corrected chi connectivity index (χ2v) is 4.04. The van der Waals surface area contributed by atoms with E-state index < -0.39 is 0 Å². The maximum Gasteiger partial charge on any atom is 0.246 e. The summed E-state index contributed by atoms with van der Waals surface area (Å²) in [4.78, 5) is 13.6. The lowest BCUT2D eigenvalue weighted by Crippen LogP contribution is -2.45. The molecule has 1 aromatic rings. The summed E-state index contributed by atoms with van der Waals surface area (Å²) >= 11 is 0. The number of nitrogens with zero attached hydrogens (tertiary/aromatic N) is 1. The first-order valence-corrected chi connectivity index (χ1v) is 5.52. The fraction of sp³-hybridized carbons (Fsp3) is 0.417. The summed E-state index contributed by atoms with van der Waals surface area (Å²) in [7, 11) is 0. The minimum Gasteiger partial charge on any atom is -0.465 e. The van der Waals surface area contributed by atoms with Crippen LogP contribution in [0.1, 0.15) is 18.6 Å². The van der Waals surface area contributed by atoms with Crippen molar-refractivity contribution in [2.24, 2.45) is 5.73 Å². The number of hydrogen-bond acceptors (Lipinski definition) is 3. The lowest BCUT2D eigenvalue weighted by molar-refractivity contribution is -0.127. The molecule has 1 aliphatic rings. The normalized spacial score (nSPS) is 21.6. The molecular formula is C12H16N2O2. The molecule has 1 aromatic heterocycles. The monoisotopic (exact) mass is 220 g/mol. The predicted molar refractivity (Wildman–Crippen MR) is 61.5 cm³/mol. The molecule has 2 N–H and O–H groups in total. The third-order valence-corrected chi connectivity index (χ3v) is 2.70. The molecule has 0 aliphatic carbocycles. The lowest BCUT2D eigenvalue weighted by atomic mass is 10.1. The number of furan rings is 1. The highest BCUT2D eigenvalue weighted by atomic mass is 16.3. The molecular weight excluding hydrogens is 204 g/mol. The van der Waals surface area contributed by atoms with Crippen molar-refractivity contribution < 1.29 is 9.21 Å². The molecule has 2 heterocycles. The second kappa shape index (κ2) is 4.99. The first kappa shape index (κ1) is 11.0. The van der Waals surface area contributed by atoms with Gasteiger partial charge in [-0.15, -0.1) is 0 Å². The minimum atomic E-state index is 0.00606. The first-order chi connectivity index (χ1) is 7.75. The average molecular weight is 220 g/mol. The predicted octanol–water partition coefficient (Wildman–Crippen LogP) is 1.24. The first-order valence-electron chi connectivity index (χ1n) is 5.52. The Hall–Kier alpha value is -1.55. The molecule has 0 aromatic carbocycles. The summed E-state index contributed by atoms with van der Waals surface area (Å²) in [5.41, 5.74) is 5.82. The van der Waals surface area contributed by atoms with Crippen molar-refractivity contribution in [2.45, 2.75) is 18.9 Å². The molecule has 0 radical (unpaired) electrons. The van der Waals surface area contributed by atoms with Crippen molar-refractivity contribution in [1.82, 2.24) is 4.90 Å². The van der Waals surface area contributed by atoms with E-state index in [1.54, 1.807) is 23.3 Å². The molecule has 1 aliphatic heterocycles. The number of carbonyl (C=O) groups excluding carboxylic acids is 1. The standard InChI is InChI=1S/C12H16N2O2/c13-10-3-1-7-14(9-10)12(15)6-5-11-4-2-8-16-11/h2,4-6,8,10H,1,3,7,9,13H2/b6-5+/t10-/m0/s1. The van der Waals surface area contributed by atoms with Crippen LogP contribution in [0.15, 0.2) is 28.9 Å². The van der Waals surface area contributed by atoms with E-state index in [9.17, 15) is 4.79 Å². The van der Waals surface area contributed by atoms with E-state index in [2.05, 4.69) is 0 Å². The van der Waals surface area contributed by atoms with Gasteiger partial charge >= 0.3 is 0 Å². The molecule has 1 atom stereocenters. The Morgan fingerprint density at radius 1 is 1.62 bits per heavy atom. The highest BCUT2D eigenvalue weighted by Crippen LogP contribution is 2.09. The number of likely N-dealkylation sites (tertiary alicyclic amines) is 1. The molecule has 1 amide bonds. The summed E-state index contributed by atoms with van der Waals surface area (Å²) in [6.07, 6.45) is 6.80. The van der Waals surface area contributed by atoms with E-state index in [0.717, 1.165) is 19.4 Å². The largest absolute Gasteiger partial charge is 0.465 e. The van der Waals surface area contributed by atoms with Crippen molar-refractivity contribution in [1.29, 1.82) is 0 Å². The summed E-state index contributed by atoms with van der Waals surface area (Å²) in [5, 5.41) is 0. The third-order valence-electron chi connectivity index (χ3n) is 2.70. The van der Waals surface area contributed by atoms with Crippen LogP contribution in [0.2, 0.25) is 0 Å². The average Bonchev–Trinajstić information content (AvgIpc) is 2.78. The molecule has 0 saturated carbocycles. The topological polar surface area (TPSA) is 59.5 Å². The Kier molecular flexibility index (Phi) is 3.41. The van der Waals surface area contributed by atoms with Crippen molar-refractivity contribution in [3.63, 3.8) is 0 Å². The fourth-order valence-corrected chi connectivity index (χ4v) is 1.86. The van der Waals surface area contributed by atoms with Crippen LogP contribution in [0.3, 0.4) is 0 Å². The second-order valence-electron chi connectivity index (χ2n) is 4.04. The van der Waals surface area contributed by atoms with Crippen molar-refractivity contribution in [3.05, 3.63) is 30.2 Å². The minimum absolute atomic E-state index is 0.00606. The van der Waals surface area contributed by atoms with Crippen LogP contribution in [-0.4, -0.2) is 29.9 Å². The van der Waals surface area contributed by atoms with Crippen LogP contribution < -0.4 is 5.73 Å². The van der Waals surface area contributed by atoms with Crippen LogP contribution in [-0.2, 0) is 4.79 Å². The maximum absolute atomic E-state index is 11.8. The van der Waals surface area contributed by atoms with Gasteiger partial charge in [-0.1, -0.05) is 0 Å². The van der Waals surface area contributed by atoms with Gasteiger partial charge in [0, 0.05) is 25.2 Å². The summed E-state index contributed by atoms with van der Waals surface area (Å²) in [6, 6.07) is 3.72. The number of rotatable bonds is 2. The van der Waals surface area contributed by atoms with E-state index in [0.29, 0.717) is 12.3 Å². The fourth-order valence-electron chi connectivity index (χ4n) is 1.86. The van der Waals surface area contributed by atoms with Crippen LogP contribution in [0, 0.1) is 0 Å². The SMILES string of the molecule is N[C@H]1CCCN(C(=O)/C=C/c2ccco2)C1. The van der Waals surface area contributed by atoms with Crippen molar-refractivity contribution in [3.8, 4) is 0 Å². The van der Waals surface area contributed by atoms with E-state index in [-0.39, 0.29) is 11.9 Å². The zero-order chi connectivity index (χ0) is 11.4. The molecule has 1 saturated heterocycles. The quantitative estimate of drug-likeness (QED) is 0.763. The van der Waals surface area contributed by atoms with Gasteiger partial charge in [0.25, 0.3) is 0 Å². The van der Waals surface area contributed by atoms with E-state index in [4.69, 9.17) is 10.2 Å². The molecule has 16 heavy (non-hydrogen) atoms. The van der Waals surface area contributed by atoms with E-state index in [1.165, 1.54) is 6.08 Å². The Morgan fingerprint density at radius 3 is 3.19 bits per heavy atom. The van der Waals surface area contributed by atoms with Gasteiger partial charge in [0.05, 0.1) is 6.26 Å². The zero-order valence-electron chi connectivity index (χ0n) is 9.13. The molecule has 0 bridgehead atoms. The van der Waals surface area contributed by atoms with Gasteiger partial charge in [-0.05, 0) is 31.1 Å². The molecule has 4 nitrogen and oxygen atoms in total. The highest BCUT2D eigenvalue weighted by molar-refractivity contribution is 5.91. The lowest BCUT2D eigenvalue weighted by Gasteiger charge is -2.29. The van der Waals surface area contributed by atoms with E-state index >= 15 is 0 Å². The number of hydrogen-bond donors (Lipinski definition) is 1. The Labute approximate surface area is 94.7 Å². The molecule has 86 valence electrons. The van der Waals surface area contributed by atoms with Gasteiger partial charge in [0.2, 0.25) is 5.91 Å². The number of carbonyl (C=O) groups is 1. The van der Waals surface area contributed by atoms with Crippen LogP contribution in [0.4, 0.5) is 0 Å². The van der Waals surface area contributed by atoms with Crippen LogP contribution in [0.25, 0.3) is 6.08 Å². The molecule has 0 unspecified atom stereocenters. The summed E-state index contributed by atoms with van der Waals surface area (Å²) in [6.45, 7) is 1.45. The highest BCUT2D eigenvalue weighted by Gasteiger charge is 2.19. The molecule has 0 spiro atoms. The summed E-state index contributed by atoms with van der Waals surface area (Å²) < 4.78 is 5.11. The van der Waals surface area contributed by atoms with Gasteiger partial charge in [-0.25, -0.2) is 0 Å². The van der Waals surface area contributed by atoms with Gasteiger partial charge in [-0.3, -0.25) is 4.79 Å². The third kappa shape index (κ3) is 2.73. The Morgan fingerprint density at radius 2 is 2.50 bits per heavy atom. The Bertz CT molecular complexity index is 370. The molecule has 4 heteroatoms. The molecule has 2 rings (SSSR count). The van der Waals surface area contributed by atoms with E-state index in [1.807, 2.05) is 6.07 Å². The van der Waals surface area contributed by atoms with Crippen LogP contribution >= 0.6 is 0 Å². The van der Waals surface area contributed by atoms with Crippen molar-refractivity contribution in [2.75, 3.05) is 13.1 Å². The van der Waals surface area contributed by atoms with Crippen LogP contribution in [0.5, 0.6) is 0 Å². The zero-order valence-corrected chi connectivity index (χ0v) is 9.13. The maximum atomic E-state index is 11.8. The number of amides is 1.